The summed E-state index contributed by atoms with van der Waals surface area (Å²) >= 11 is 5.89. The van der Waals surface area contributed by atoms with Gasteiger partial charge in [-0.1, -0.05) is 23.7 Å². The highest BCUT2D eigenvalue weighted by atomic mass is 35.5. The normalized spacial score (nSPS) is 11.1. The first-order chi connectivity index (χ1) is 10.6. The number of amides is 1. The first-order valence-corrected chi connectivity index (χ1v) is 7.03. The van der Waals surface area contributed by atoms with Gasteiger partial charge in [0, 0.05) is 16.1 Å². The number of hydrogen-bond acceptors (Lipinski definition) is 4. The van der Waals surface area contributed by atoms with Crippen LogP contribution in [0.15, 0.2) is 53.6 Å². The molecule has 0 aliphatic heterocycles. The molecule has 0 fully saturated rings. The van der Waals surface area contributed by atoms with E-state index in [2.05, 4.69) is 10.5 Å². The number of nitrogens with one attached hydrogen (secondary N) is 1. The molecule has 0 radical (unpaired) electrons. The van der Waals surface area contributed by atoms with Crippen molar-refractivity contribution < 1.29 is 14.6 Å². The van der Waals surface area contributed by atoms with Crippen LogP contribution >= 0.6 is 11.6 Å². The minimum Gasteiger partial charge on any atom is -0.508 e. The molecule has 1 amide bonds. The van der Waals surface area contributed by atoms with E-state index in [1.54, 1.807) is 55.5 Å². The third-order valence-corrected chi connectivity index (χ3v) is 3.04. The van der Waals surface area contributed by atoms with Gasteiger partial charge in [0.15, 0.2) is 0 Å². The quantitative estimate of drug-likeness (QED) is 0.669. The number of rotatable bonds is 4. The maximum absolute atomic E-state index is 11.4. The number of phenolic OH excluding ortho intramolecular Hbond substituents is 1. The lowest BCUT2D eigenvalue weighted by atomic mass is 10.0. The summed E-state index contributed by atoms with van der Waals surface area (Å²) in [7, 11) is 0. The summed E-state index contributed by atoms with van der Waals surface area (Å²) in [6.45, 7) is 1.97. The number of halogens is 1. The van der Waals surface area contributed by atoms with Gasteiger partial charge < -0.3 is 9.84 Å². The van der Waals surface area contributed by atoms with Crippen molar-refractivity contribution in [3.63, 3.8) is 0 Å². The van der Waals surface area contributed by atoms with E-state index in [-0.39, 0.29) is 12.4 Å². The van der Waals surface area contributed by atoms with Crippen LogP contribution in [0.4, 0.5) is 4.79 Å². The fourth-order valence-electron chi connectivity index (χ4n) is 1.79. The Hall–Kier alpha value is -2.53. The number of nitrogens with zero attached hydrogens (tertiary/aromatic N) is 1. The molecule has 0 bridgehead atoms. The van der Waals surface area contributed by atoms with E-state index in [1.165, 1.54) is 0 Å². The van der Waals surface area contributed by atoms with E-state index >= 15 is 0 Å². The number of carbonyl (C=O) groups is 1. The molecule has 0 aliphatic rings. The van der Waals surface area contributed by atoms with Gasteiger partial charge in [0.05, 0.1) is 12.3 Å². The smallest absolute Gasteiger partial charge is 0.427 e. The third-order valence-electron chi connectivity index (χ3n) is 2.79. The van der Waals surface area contributed by atoms with Gasteiger partial charge in [0.2, 0.25) is 0 Å². The molecule has 0 unspecified atom stereocenters. The van der Waals surface area contributed by atoms with E-state index in [9.17, 15) is 9.90 Å². The average Bonchev–Trinajstić information content (AvgIpc) is 2.51. The fraction of sp³-hybridized carbons (Fsp3) is 0.125. The predicted molar refractivity (Wildman–Crippen MR) is 85.4 cm³/mol. The molecular weight excluding hydrogens is 304 g/mol. The molecule has 0 aliphatic carbocycles. The zero-order valence-corrected chi connectivity index (χ0v) is 12.7. The summed E-state index contributed by atoms with van der Waals surface area (Å²) in [6.07, 6.45) is -0.632. The number of aromatic hydroxyl groups is 1. The van der Waals surface area contributed by atoms with Crippen molar-refractivity contribution in [3.8, 4) is 5.75 Å². The minimum absolute atomic E-state index is 0.151. The Morgan fingerprint density at radius 2 is 1.68 bits per heavy atom. The van der Waals surface area contributed by atoms with Gasteiger partial charge in [-0.3, -0.25) is 0 Å². The largest absolute Gasteiger partial charge is 0.508 e. The highest BCUT2D eigenvalue weighted by molar-refractivity contribution is 6.30. The molecule has 2 aromatic rings. The van der Waals surface area contributed by atoms with E-state index in [1.807, 2.05) is 0 Å². The van der Waals surface area contributed by atoms with Crippen LogP contribution in [0.3, 0.4) is 0 Å². The summed E-state index contributed by atoms with van der Waals surface area (Å²) in [5.74, 6) is 0.151. The Labute approximate surface area is 133 Å². The lowest BCUT2D eigenvalue weighted by Gasteiger charge is -2.08. The van der Waals surface area contributed by atoms with E-state index in [4.69, 9.17) is 16.3 Å². The van der Waals surface area contributed by atoms with Crippen LogP contribution in [0.5, 0.6) is 5.75 Å². The van der Waals surface area contributed by atoms with Crippen molar-refractivity contribution in [1.29, 1.82) is 0 Å². The lowest BCUT2D eigenvalue weighted by molar-refractivity contribution is 0.152. The molecule has 0 spiro atoms. The Morgan fingerprint density at radius 1 is 1.14 bits per heavy atom. The van der Waals surface area contributed by atoms with Crippen molar-refractivity contribution in [2.45, 2.75) is 6.92 Å². The number of benzene rings is 2. The Morgan fingerprint density at radius 3 is 2.23 bits per heavy atom. The molecule has 0 heterocycles. The van der Waals surface area contributed by atoms with Gasteiger partial charge >= 0.3 is 6.09 Å². The van der Waals surface area contributed by atoms with Crippen molar-refractivity contribution in [3.05, 3.63) is 64.7 Å². The third kappa shape index (κ3) is 4.23. The van der Waals surface area contributed by atoms with Crippen molar-refractivity contribution in [2.75, 3.05) is 6.61 Å². The molecule has 0 aromatic heterocycles. The number of ether oxygens (including phenoxy) is 1. The second-order valence-electron chi connectivity index (χ2n) is 4.35. The molecule has 0 saturated heterocycles. The number of hydrogen-bond donors (Lipinski definition) is 2. The van der Waals surface area contributed by atoms with Crippen molar-refractivity contribution in [1.82, 2.24) is 5.43 Å². The van der Waals surface area contributed by atoms with Crippen LogP contribution in [-0.2, 0) is 4.74 Å². The first kappa shape index (κ1) is 15.9. The van der Waals surface area contributed by atoms with E-state index in [0.29, 0.717) is 10.7 Å². The molecular formula is C16H15ClN2O3. The summed E-state index contributed by atoms with van der Waals surface area (Å²) < 4.78 is 4.78. The lowest BCUT2D eigenvalue weighted by Crippen LogP contribution is -2.21. The first-order valence-electron chi connectivity index (χ1n) is 6.66. The van der Waals surface area contributed by atoms with Gasteiger partial charge in [-0.05, 0) is 43.3 Å². The molecule has 0 saturated carbocycles. The molecule has 0 atom stereocenters. The van der Waals surface area contributed by atoms with Crippen LogP contribution in [0.25, 0.3) is 0 Å². The second-order valence-corrected chi connectivity index (χ2v) is 4.78. The van der Waals surface area contributed by atoms with Crippen molar-refractivity contribution >= 4 is 23.4 Å². The number of carbonyl (C=O) groups excluding carboxylic acids is 1. The van der Waals surface area contributed by atoms with Crippen LogP contribution in [0.2, 0.25) is 5.02 Å². The Kier molecular flexibility index (Phi) is 5.38. The fourth-order valence-corrected chi connectivity index (χ4v) is 1.91. The van der Waals surface area contributed by atoms with Gasteiger partial charge in [-0.2, -0.15) is 5.10 Å². The molecule has 2 rings (SSSR count). The maximum Gasteiger partial charge on any atom is 0.427 e. The monoisotopic (exact) mass is 318 g/mol. The standard InChI is InChI=1S/C16H15ClN2O3/c1-2-22-16(21)19-18-15(11-3-7-13(17)8-4-11)12-5-9-14(20)10-6-12/h3-10,20H,2H2,1H3,(H,19,21). The molecule has 22 heavy (non-hydrogen) atoms. The zero-order valence-electron chi connectivity index (χ0n) is 11.9. The van der Waals surface area contributed by atoms with Gasteiger partial charge in [0.25, 0.3) is 0 Å². The zero-order chi connectivity index (χ0) is 15.9. The highest BCUT2D eigenvalue weighted by Crippen LogP contribution is 2.17. The van der Waals surface area contributed by atoms with E-state index in [0.717, 1.165) is 11.1 Å². The Balaban J connectivity index is 2.35. The highest BCUT2D eigenvalue weighted by Gasteiger charge is 2.09. The summed E-state index contributed by atoms with van der Waals surface area (Å²) in [6, 6.07) is 13.6. The van der Waals surface area contributed by atoms with Crippen LogP contribution < -0.4 is 5.43 Å². The molecule has 6 heteroatoms. The summed E-state index contributed by atoms with van der Waals surface area (Å²) in [4.78, 5) is 11.4. The predicted octanol–water partition coefficient (Wildman–Crippen LogP) is 3.54. The molecule has 2 N–H and O–H groups in total. The molecule has 114 valence electrons. The Bertz CT molecular complexity index is 619. The van der Waals surface area contributed by atoms with Crippen molar-refractivity contribution in [2.24, 2.45) is 5.10 Å². The SMILES string of the molecule is CCOC(=O)NN=C(c1ccc(O)cc1)c1ccc(Cl)cc1. The second kappa shape index (κ2) is 7.47. The topological polar surface area (TPSA) is 70.9 Å². The number of hydrazone groups is 1. The van der Waals surface area contributed by atoms with Gasteiger partial charge in [0.1, 0.15) is 5.75 Å². The number of phenols is 1. The average molecular weight is 319 g/mol. The minimum atomic E-state index is -0.632. The molecule has 5 nitrogen and oxygen atoms in total. The molecule has 2 aromatic carbocycles. The van der Waals surface area contributed by atoms with Crippen LogP contribution in [0, 0.1) is 0 Å². The van der Waals surface area contributed by atoms with Gasteiger partial charge in [-0.25, -0.2) is 10.2 Å². The van der Waals surface area contributed by atoms with Crippen LogP contribution in [0.1, 0.15) is 18.1 Å². The van der Waals surface area contributed by atoms with E-state index < -0.39 is 6.09 Å². The summed E-state index contributed by atoms with van der Waals surface area (Å²) in [5, 5.41) is 14.1. The maximum atomic E-state index is 11.4. The van der Waals surface area contributed by atoms with Crippen LogP contribution in [-0.4, -0.2) is 23.5 Å². The summed E-state index contributed by atoms with van der Waals surface area (Å²) in [5.41, 5.74) is 4.38. The van der Waals surface area contributed by atoms with Gasteiger partial charge in [-0.15, -0.1) is 0 Å².